The first-order valence-electron chi connectivity index (χ1n) is 3.95. The lowest BCUT2D eigenvalue weighted by molar-refractivity contribution is 0.0697. The molecule has 3 nitrogen and oxygen atoms in total. The van der Waals surface area contributed by atoms with Gasteiger partial charge in [0.2, 0.25) is 0 Å². The Hall–Kier alpha value is -1.65. The van der Waals surface area contributed by atoms with Crippen LogP contribution in [0.1, 0.15) is 10.4 Å². The Kier molecular flexibility index (Phi) is 3.39. The largest absolute Gasteiger partial charge is 0.478 e. The molecule has 0 radical (unpaired) electrons. The smallest absolute Gasteiger partial charge is 0.335 e. The highest BCUT2D eigenvalue weighted by Crippen LogP contribution is 2.09. The molecule has 1 aromatic carbocycles. The molecular weight excluding hydrogens is 192 g/mol. The summed E-state index contributed by atoms with van der Waals surface area (Å²) in [4.78, 5) is 10.4. The van der Waals surface area contributed by atoms with Crippen LogP contribution in [0.2, 0.25) is 0 Å². The van der Waals surface area contributed by atoms with Gasteiger partial charge in [-0.15, -0.1) is 0 Å². The number of carbonyl (C=O) groups is 1. The Morgan fingerprint density at radius 3 is 2.36 bits per heavy atom. The number of benzene rings is 1. The minimum absolute atomic E-state index is 0.132. The maximum atomic E-state index is 11.8. The molecule has 0 aliphatic heterocycles. The van der Waals surface area contributed by atoms with Crippen LogP contribution in [0.15, 0.2) is 24.3 Å². The van der Waals surface area contributed by atoms with Gasteiger partial charge in [0.25, 0.3) is 6.43 Å². The number of alkyl halides is 2. The molecule has 0 saturated heterocycles. The number of nitrogens with one attached hydrogen (secondary N) is 1. The van der Waals surface area contributed by atoms with E-state index in [1.807, 2.05) is 0 Å². The van der Waals surface area contributed by atoms with E-state index in [-0.39, 0.29) is 5.56 Å². The van der Waals surface area contributed by atoms with Crippen LogP contribution in [0.3, 0.4) is 0 Å². The lowest BCUT2D eigenvalue weighted by Crippen LogP contribution is -2.10. The lowest BCUT2D eigenvalue weighted by atomic mass is 10.2. The molecule has 14 heavy (non-hydrogen) atoms. The summed E-state index contributed by atoms with van der Waals surface area (Å²) in [6.45, 7) is -0.438. The number of carboxylic acids is 1. The first kappa shape index (κ1) is 10.4. The van der Waals surface area contributed by atoms with Crippen LogP contribution >= 0.6 is 0 Å². The second-order valence-corrected chi connectivity index (χ2v) is 2.65. The van der Waals surface area contributed by atoms with Crippen molar-refractivity contribution in [2.45, 2.75) is 6.43 Å². The summed E-state index contributed by atoms with van der Waals surface area (Å²) in [5, 5.41) is 11.0. The fourth-order valence-electron chi connectivity index (χ4n) is 0.926. The molecule has 1 rings (SSSR count). The molecular formula is C9H9F2NO2. The lowest BCUT2D eigenvalue weighted by Gasteiger charge is -2.05. The summed E-state index contributed by atoms with van der Waals surface area (Å²) in [6, 6.07) is 5.62. The molecule has 0 bridgehead atoms. The monoisotopic (exact) mass is 201 g/mol. The second kappa shape index (κ2) is 4.55. The minimum atomic E-state index is -2.42. The van der Waals surface area contributed by atoms with Crippen molar-refractivity contribution in [3.05, 3.63) is 29.8 Å². The zero-order valence-corrected chi connectivity index (χ0v) is 7.21. The molecule has 0 aliphatic rings. The van der Waals surface area contributed by atoms with Crippen molar-refractivity contribution in [1.29, 1.82) is 0 Å². The average molecular weight is 201 g/mol. The molecule has 5 heteroatoms. The van der Waals surface area contributed by atoms with Gasteiger partial charge in [-0.05, 0) is 24.3 Å². The van der Waals surface area contributed by atoms with Crippen LogP contribution in [0.25, 0.3) is 0 Å². The van der Waals surface area contributed by atoms with Gasteiger partial charge in [-0.25, -0.2) is 13.6 Å². The van der Waals surface area contributed by atoms with Crippen molar-refractivity contribution >= 4 is 11.7 Å². The van der Waals surface area contributed by atoms with Gasteiger partial charge >= 0.3 is 5.97 Å². The van der Waals surface area contributed by atoms with Gasteiger partial charge in [-0.1, -0.05) is 0 Å². The topological polar surface area (TPSA) is 49.3 Å². The highest BCUT2D eigenvalue weighted by atomic mass is 19.3. The van der Waals surface area contributed by atoms with E-state index in [0.29, 0.717) is 5.69 Å². The highest BCUT2D eigenvalue weighted by molar-refractivity contribution is 5.87. The molecule has 0 aromatic heterocycles. The number of hydrogen-bond donors (Lipinski definition) is 2. The molecule has 76 valence electrons. The third kappa shape index (κ3) is 3.01. The molecule has 0 heterocycles. The normalized spacial score (nSPS) is 10.2. The minimum Gasteiger partial charge on any atom is -0.478 e. The summed E-state index contributed by atoms with van der Waals surface area (Å²) >= 11 is 0. The van der Waals surface area contributed by atoms with E-state index in [1.165, 1.54) is 24.3 Å². The summed E-state index contributed by atoms with van der Waals surface area (Å²) in [5.74, 6) is -1.04. The Labute approximate surface area is 79.4 Å². The number of hydrogen-bond acceptors (Lipinski definition) is 2. The summed E-state index contributed by atoms with van der Waals surface area (Å²) in [6.07, 6.45) is -2.42. The van der Waals surface area contributed by atoms with E-state index in [9.17, 15) is 13.6 Å². The summed E-state index contributed by atoms with van der Waals surface area (Å²) in [7, 11) is 0. The summed E-state index contributed by atoms with van der Waals surface area (Å²) in [5.41, 5.74) is 0.614. The van der Waals surface area contributed by atoms with Crippen molar-refractivity contribution in [2.24, 2.45) is 0 Å². The predicted octanol–water partition coefficient (Wildman–Crippen LogP) is 2.06. The van der Waals surface area contributed by atoms with Gasteiger partial charge in [-0.3, -0.25) is 0 Å². The predicted molar refractivity (Wildman–Crippen MR) is 47.9 cm³/mol. The molecule has 1 aromatic rings. The molecule has 0 fully saturated rings. The van der Waals surface area contributed by atoms with Gasteiger partial charge < -0.3 is 10.4 Å². The van der Waals surface area contributed by atoms with Crippen molar-refractivity contribution < 1.29 is 18.7 Å². The molecule has 0 saturated carbocycles. The van der Waals surface area contributed by atoms with Crippen molar-refractivity contribution in [2.75, 3.05) is 11.9 Å². The third-order valence-electron chi connectivity index (χ3n) is 1.59. The van der Waals surface area contributed by atoms with E-state index < -0.39 is 18.9 Å². The highest BCUT2D eigenvalue weighted by Gasteiger charge is 2.03. The van der Waals surface area contributed by atoms with E-state index >= 15 is 0 Å². The molecule has 0 amide bonds. The Morgan fingerprint density at radius 2 is 1.93 bits per heavy atom. The maximum absolute atomic E-state index is 11.8. The Morgan fingerprint density at radius 1 is 1.36 bits per heavy atom. The van der Waals surface area contributed by atoms with E-state index in [4.69, 9.17) is 5.11 Å². The SMILES string of the molecule is O=C(O)c1ccc(NCC(F)F)cc1. The van der Waals surface area contributed by atoms with Gasteiger partial charge in [-0.2, -0.15) is 0 Å². The molecule has 0 aliphatic carbocycles. The second-order valence-electron chi connectivity index (χ2n) is 2.65. The van der Waals surface area contributed by atoms with Crippen molar-refractivity contribution in [1.82, 2.24) is 0 Å². The molecule has 2 N–H and O–H groups in total. The number of anilines is 1. The van der Waals surface area contributed by atoms with Gasteiger partial charge in [0.15, 0.2) is 0 Å². The summed E-state index contributed by atoms with van der Waals surface area (Å²) < 4.78 is 23.5. The van der Waals surface area contributed by atoms with E-state index in [2.05, 4.69) is 5.32 Å². The fourth-order valence-corrected chi connectivity index (χ4v) is 0.926. The van der Waals surface area contributed by atoms with Crippen LogP contribution in [0.4, 0.5) is 14.5 Å². The van der Waals surface area contributed by atoms with Crippen LogP contribution in [-0.4, -0.2) is 24.0 Å². The first-order valence-corrected chi connectivity index (χ1v) is 3.95. The van der Waals surface area contributed by atoms with Crippen LogP contribution in [-0.2, 0) is 0 Å². The third-order valence-corrected chi connectivity index (χ3v) is 1.59. The number of rotatable bonds is 4. The number of halogens is 2. The van der Waals surface area contributed by atoms with Gasteiger partial charge in [0.1, 0.15) is 0 Å². The zero-order chi connectivity index (χ0) is 10.6. The van der Waals surface area contributed by atoms with Crippen LogP contribution in [0, 0.1) is 0 Å². The first-order chi connectivity index (χ1) is 6.59. The zero-order valence-electron chi connectivity index (χ0n) is 7.21. The molecule has 0 atom stereocenters. The fraction of sp³-hybridized carbons (Fsp3) is 0.222. The average Bonchev–Trinajstić information content (AvgIpc) is 2.15. The van der Waals surface area contributed by atoms with Crippen LogP contribution < -0.4 is 5.32 Å². The van der Waals surface area contributed by atoms with Crippen molar-refractivity contribution in [3.63, 3.8) is 0 Å². The van der Waals surface area contributed by atoms with E-state index in [1.54, 1.807) is 0 Å². The van der Waals surface area contributed by atoms with E-state index in [0.717, 1.165) is 0 Å². The van der Waals surface area contributed by atoms with Gasteiger partial charge in [0, 0.05) is 5.69 Å². The quantitative estimate of drug-likeness (QED) is 0.783. The Bertz CT molecular complexity index is 311. The Balaban J connectivity index is 2.60. The van der Waals surface area contributed by atoms with Crippen LogP contribution in [0.5, 0.6) is 0 Å². The number of aromatic carboxylic acids is 1. The van der Waals surface area contributed by atoms with Crippen molar-refractivity contribution in [3.8, 4) is 0 Å². The standard InChI is InChI=1S/C9H9F2NO2/c10-8(11)5-12-7-3-1-6(2-4-7)9(13)14/h1-4,8,12H,5H2,(H,13,14). The van der Waals surface area contributed by atoms with Gasteiger partial charge in [0.05, 0.1) is 12.1 Å². The maximum Gasteiger partial charge on any atom is 0.335 e. The molecule has 0 spiro atoms. The number of carboxylic acid groups (broad SMARTS) is 1. The molecule has 0 unspecified atom stereocenters.